The molecule has 4 aliphatic rings. The summed E-state index contributed by atoms with van der Waals surface area (Å²) in [6, 6.07) is 31.8. The van der Waals surface area contributed by atoms with Crippen LogP contribution in [0.3, 0.4) is 0 Å². The van der Waals surface area contributed by atoms with E-state index in [2.05, 4.69) is 25.7 Å². The largest absolute Gasteiger partial charge is 0.493 e. The van der Waals surface area contributed by atoms with Gasteiger partial charge in [0.2, 0.25) is 0 Å². The minimum atomic E-state index is -0.455. The predicted molar refractivity (Wildman–Crippen MR) is 268 cm³/mol. The number of nitrogens with zero attached hydrogens (tertiary/aromatic N) is 4. The second-order valence-corrected chi connectivity index (χ2v) is 19.4. The fraction of sp³-hybridized carbons (Fsp3) is 0.407. The molecule has 13 heteroatoms. The van der Waals surface area contributed by atoms with Crippen LogP contribution < -0.4 is 28.7 Å². The quantitative estimate of drug-likeness (QED) is 0.0911. The standard InChI is InChI=1S/C30H32ClFN2O3.C24H29BrN2O3/c1-36-28-13-11-23(17-29(28)37-2)30(35)34(19-25-7-4-14-33(25)18-20-8-9-20)24-6-3-5-21(15-24)22-10-12-27(32)26(31)16-22;1-29-22-11-10-18(13-23(22)30-2)24(28)27(20-6-3-5-19(25)14-20)16-21-7-4-12-26(21)15-17-8-9-17/h3,5-6,10-13,15-17,20,25H,4,7-9,14,18-19H2,1-2H3;3,5-6,10-11,13-14,17,21H,4,7-9,12,15-16H2,1-2H3/t25-;21-/m00/s1. The number of hydrogen-bond donors (Lipinski definition) is 0. The van der Waals surface area contributed by atoms with E-state index in [9.17, 15) is 14.0 Å². The molecule has 5 aromatic carbocycles. The van der Waals surface area contributed by atoms with E-state index in [-0.39, 0.29) is 16.8 Å². The topological polar surface area (TPSA) is 84.0 Å². The Morgan fingerprint density at radius 1 is 0.597 bits per heavy atom. The molecule has 0 aromatic heterocycles. The van der Waals surface area contributed by atoms with Crippen molar-refractivity contribution in [2.75, 3.05) is 77.5 Å². The number of carbonyl (C=O) groups excluding carboxylic acids is 2. The SMILES string of the molecule is COc1ccc(C(=O)N(C[C@@H]2CCCN2CC2CC2)c2cccc(-c3ccc(F)c(Cl)c3)c2)cc1OC.COc1ccc(C(=O)N(C[C@@H]2CCCN2CC2CC2)c2cccc(Br)c2)cc1OC. The summed E-state index contributed by atoms with van der Waals surface area (Å²) in [6.07, 6.45) is 9.86. The van der Waals surface area contributed by atoms with Crippen molar-refractivity contribution in [3.05, 3.63) is 130 Å². The molecule has 354 valence electrons. The Morgan fingerprint density at radius 3 is 1.54 bits per heavy atom. The maximum Gasteiger partial charge on any atom is 0.258 e. The maximum absolute atomic E-state index is 14.0. The van der Waals surface area contributed by atoms with E-state index in [0.29, 0.717) is 59.3 Å². The van der Waals surface area contributed by atoms with Gasteiger partial charge in [-0.25, -0.2) is 4.39 Å². The lowest BCUT2D eigenvalue weighted by molar-refractivity contribution is 0.0970. The third kappa shape index (κ3) is 12.1. The Bertz CT molecular complexity index is 2520. The van der Waals surface area contributed by atoms with Crippen molar-refractivity contribution in [2.45, 2.75) is 63.5 Å². The first-order valence-corrected chi connectivity index (χ1v) is 24.6. The number of halogens is 3. The highest BCUT2D eigenvalue weighted by Gasteiger charge is 2.35. The molecule has 0 N–H and O–H groups in total. The lowest BCUT2D eigenvalue weighted by Crippen LogP contribution is -2.44. The summed E-state index contributed by atoms with van der Waals surface area (Å²) in [4.78, 5) is 36.6. The number of benzene rings is 5. The van der Waals surface area contributed by atoms with Crippen molar-refractivity contribution >= 4 is 50.7 Å². The minimum Gasteiger partial charge on any atom is -0.493 e. The van der Waals surface area contributed by atoms with Crippen LogP contribution in [0.2, 0.25) is 5.02 Å². The number of ether oxygens (including phenoxy) is 4. The molecule has 67 heavy (non-hydrogen) atoms. The van der Waals surface area contributed by atoms with Crippen molar-refractivity contribution in [1.82, 2.24) is 9.80 Å². The van der Waals surface area contributed by atoms with Crippen LogP contribution in [0, 0.1) is 17.7 Å². The van der Waals surface area contributed by atoms with Gasteiger partial charge in [-0.3, -0.25) is 19.4 Å². The number of carbonyl (C=O) groups is 2. The summed E-state index contributed by atoms with van der Waals surface area (Å²) in [6.45, 7) is 5.77. The Kier molecular flexibility index (Phi) is 16.1. The van der Waals surface area contributed by atoms with E-state index in [1.54, 1.807) is 70.9 Å². The number of anilines is 2. The lowest BCUT2D eigenvalue weighted by Gasteiger charge is -2.31. The zero-order chi connectivity index (χ0) is 47.0. The highest BCUT2D eigenvalue weighted by Crippen LogP contribution is 2.37. The van der Waals surface area contributed by atoms with Crippen LogP contribution in [0.5, 0.6) is 23.0 Å². The molecule has 2 aliphatic carbocycles. The number of amides is 2. The molecule has 2 heterocycles. The first kappa shape index (κ1) is 48.3. The van der Waals surface area contributed by atoms with Crippen LogP contribution in [0.4, 0.5) is 15.8 Å². The van der Waals surface area contributed by atoms with Gasteiger partial charge in [0.15, 0.2) is 23.0 Å². The third-order valence-electron chi connectivity index (χ3n) is 13.4. The van der Waals surface area contributed by atoms with E-state index in [1.807, 2.05) is 64.4 Å². The molecule has 0 spiro atoms. The first-order valence-electron chi connectivity index (χ1n) is 23.4. The van der Waals surface area contributed by atoms with Gasteiger partial charge in [0.1, 0.15) is 5.82 Å². The molecule has 0 unspecified atom stereocenters. The summed E-state index contributed by atoms with van der Waals surface area (Å²) in [5.41, 5.74) is 4.48. The molecule has 5 aromatic rings. The molecule has 2 amide bonds. The first-order chi connectivity index (χ1) is 32.5. The zero-order valence-corrected chi connectivity index (χ0v) is 41.2. The maximum atomic E-state index is 14.0. The van der Waals surface area contributed by atoms with Gasteiger partial charge in [0.05, 0.1) is 33.5 Å². The monoisotopic (exact) mass is 994 g/mol. The summed E-state index contributed by atoms with van der Waals surface area (Å²) in [5.74, 6) is 3.34. The molecule has 10 nitrogen and oxygen atoms in total. The molecular formula is C54H61BrClFN4O6. The van der Waals surface area contributed by atoms with Crippen LogP contribution in [0.25, 0.3) is 11.1 Å². The van der Waals surface area contributed by atoms with Crippen LogP contribution in [0.15, 0.2) is 108 Å². The lowest BCUT2D eigenvalue weighted by atomic mass is 10.0. The van der Waals surface area contributed by atoms with Gasteiger partial charge in [-0.05, 0) is 166 Å². The van der Waals surface area contributed by atoms with E-state index in [0.717, 1.165) is 77.7 Å². The van der Waals surface area contributed by atoms with Crippen LogP contribution in [-0.4, -0.2) is 101 Å². The van der Waals surface area contributed by atoms with Crippen molar-refractivity contribution in [2.24, 2.45) is 11.8 Å². The summed E-state index contributed by atoms with van der Waals surface area (Å²) < 4.78 is 36.3. The Morgan fingerprint density at radius 2 is 1.07 bits per heavy atom. The average Bonchev–Trinajstić information content (AvgIpc) is 4.27. The van der Waals surface area contributed by atoms with E-state index >= 15 is 0 Å². The summed E-state index contributed by atoms with van der Waals surface area (Å²) in [5, 5.41) is 0.0721. The third-order valence-corrected chi connectivity index (χ3v) is 14.2. The molecule has 2 aliphatic heterocycles. The molecule has 0 bridgehead atoms. The highest BCUT2D eigenvalue weighted by atomic mass is 79.9. The van der Waals surface area contributed by atoms with Crippen LogP contribution in [-0.2, 0) is 0 Å². The summed E-state index contributed by atoms with van der Waals surface area (Å²) >= 11 is 9.62. The summed E-state index contributed by atoms with van der Waals surface area (Å²) in [7, 11) is 6.33. The van der Waals surface area contributed by atoms with Crippen LogP contribution >= 0.6 is 27.5 Å². The van der Waals surface area contributed by atoms with Crippen molar-refractivity contribution in [3.63, 3.8) is 0 Å². The fourth-order valence-electron chi connectivity index (χ4n) is 9.40. The fourth-order valence-corrected chi connectivity index (χ4v) is 9.97. The second-order valence-electron chi connectivity index (χ2n) is 18.1. The normalized spacial score (nSPS) is 18.2. The number of methoxy groups -OCH3 is 4. The molecule has 2 saturated heterocycles. The van der Waals surface area contributed by atoms with Gasteiger partial charge < -0.3 is 28.7 Å². The van der Waals surface area contributed by atoms with E-state index < -0.39 is 5.82 Å². The van der Waals surface area contributed by atoms with Gasteiger partial charge in [0, 0.05) is 65.2 Å². The smallest absolute Gasteiger partial charge is 0.258 e. The number of hydrogen-bond acceptors (Lipinski definition) is 8. The Hall–Kier alpha value is -5.14. The van der Waals surface area contributed by atoms with E-state index in [4.69, 9.17) is 30.5 Å². The Balaban J connectivity index is 0.000000186. The number of rotatable bonds is 17. The van der Waals surface area contributed by atoms with Crippen molar-refractivity contribution < 1.29 is 32.9 Å². The predicted octanol–water partition coefficient (Wildman–Crippen LogP) is 11.7. The van der Waals surface area contributed by atoms with Crippen molar-refractivity contribution in [3.8, 4) is 34.1 Å². The molecule has 2 saturated carbocycles. The molecule has 0 radical (unpaired) electrons. The Labute approximate surface area is 408 Å². The van der Waals surface area contributed by atoms with Gasteiger partial charge in [-0.15, -0.1) is 0 Å². The molecular weight excluding hydrogens is 935 g/mol. The molecule has 4 fully saturated rings. The van der Waals surface area contributed by atoms with Gasteiger partial charge in [-0.2, -0.15) is 0 Å². The van der Waals surface area contributed by atoms with Crippen molar-refractivity contribution in [1.29, 1.82) is 0 Å². The van der Waals surface area contributed by atoms with Gasteiger partial charge >= 0.3 is 0 Å². The van der Waals surface area contributed by atoms with Gasteiger partial charge in [0.25, 0.3) is 11.8 Å². The van der Waals surface area contributed by atoms with E-state index in [1.165, 1.54) is 44.7 Å². The minimum absolute atomic E-state index is 0.0210. The zero-order valence-electron chi connectivity index (χ0n) is 38.9. The highest BCUT2D eigenvalue weighted by molar-refractivity contribution is 9.10. The van der Waals surface area contributed by atoms with Gasteiger partial charge in [-0.1, -0.05) is 51.8 Å². The average molecular weight is 996 g/mol. The van der Waals surface area contributed by atoms with Crippen LogP contribution in [0.1, 0.15) is 72.1 Å². The number of likely N-dealkylation sites (tertiary alicyclic amines) is 2. The molecule has 2 atom stereocenters. The molecule has 9 rings (SSSR count). The second kappa shape index (κ2) is 22.3.